The van der Waals surface area contributed by atoms with Crippen LogP contribution in [0.1, 0.15) is 31.2 Å². The van der Waals surface area contributed by atoms with Crippen LogP contribution in [0.15, 0.2) is 24.3 Å². The van der Waals surface area contributed by atoms with Gasteiger partial charge in [-0.2, -0.15) is 18.4 Å². The molecule has 0 aliphatic carbocycles. The first kappa shape index (κ1) is 23.0. The lowest BCUT2D eigenvalue weighted by molar-refractivity contribution is -0.192. The van der Waals surface area contributed by atoms with Crippen molar-refractivity contribution in [1.29, 1.82) is 5.26 Å². The van der Waals surface area contributed by atoms with Crippen molar-refractivity contribution in [2.24, 2.45) is 5.41 Å². The summed E-state index contributed by atoms with van der Waals surface area (Å²) in [7, 11) is 0. The number of aliphatic carboxylic acids is 1. The first-order valence-corrected chi connectivity index (χ1v) is 10.1. The minimum absolute atomic E-state index is 0.0814. The Balaban J connectivity index is 0.000000339. The van der Waals surface area contributed by atoms with Crippen LogP contribution < -0.4 is 4.90 Å². The third-order valence-corrected chi connectivity index (χ3v) is 6.03. The van der Waals surface area contributed by atoms with Crippen LogP contribution in [0.5, 0.6) is 0 Å². The van der Waals surface area contributed by atoms with E-state index in [2.05, 4.69) is 11.0 Å². The molecule has 3 fully saturated rings. The van der Waals surface area contributed by atoms with Gasteiger partial charge in [-0.1, -0.05) is 6.07 Å². The summed E-state index contributed by atoms with van der Waals surface area (Å²) in [5.74, 6) is -2.56. The van der Waals surface area contributed by atoms with Gasteiger partial charge in [-0.15, -0.1) is 0 Å². The smallest absolute Gasteiger partial charge is 0.475 e. The molecule has 31 heavy (non-hydrogen) atoms. The van der Waals surface area contributed by atoms with Crippen molar-refractivity contribution in [3.8, 4) is 6.07 Å². The van der Waals surface area contributed by atoms with Gasteiger partial charge in [0.05, 0.1) is 11.6 Å². The number of nitrogens with zero attached hydrogens (tertiary/aromatic N) is 3. The average molecular weight is 439 g/mol. The van der Waals surface area contributed by atoms with Gasteiger partial charge in [0, 0.05) is 49.9 Å². The maximum atomic E-state index is 12.6. The van der Waals surface area contributed by atoms with E-state index in [1.54, 1.807) is 6.07 Å². The summed E-state index contributed by atoms with van der Waals surface area (Å²) in [6.07, 6.45) is -1.15. The highest BCUT2D eigenvalue weighted by Gasteiger charge is 2.48. The number of ether oxygens (including phenoxy) is 1. The van der Waals surface area contributed by atoms with Gasteiger partial charge in [0.15, 0.2) is 0 Å². The van der Waals surface area contributed by atoms with Gasteiger partial charge in [-0.05, 0) is 44.0 Å². The van der Waals surface area contributed by atoms with Gasteiger partial charge in [0.2, 0.25) is 5.91 Å². The van der Waals surface area contributed by atoms with E-state index in [1.807, 2.05) is 23.1 Å². The predicted molar refractivity (Wildman–Crippen MR) is 104 cm³/mol. The molecular formula is C21H24F3N3O4. The molecule has 1 atom stereocenters. The lowest BCUT2D eigenvalue weighted by atomic mass is 9.86. The van der Waals surface area contributed by atoms with Crippen LogP contribution >= 0.6 is 0 Å². The number of carbonyl (C=O) groups is 2. The zero-order valence-electron chi connectivity index (χ0n) is 16.9. The van der Waals surface area contributed by atoms with E-state index < -0.39 is 12.1 Å². The molecule has 1 spiro atoms. The number of hydrogen-bond acceptors (Lipinski definition) is 5. The number of benzene rings is 1. The second kappa shape index (κ2) is 9.24. The minimum Gasteiger partial charge on any atom is -0.475 e. The normalized spacial score (nSPS) is 24.7. The Kier molecular flexibility index (Phi) is 6.86. The fraction of sp³-hybridized carbons (Fsp3) is 0.571. The van der Waals surface area contributed by atoms with Crippen molar-refractivity contribution in [3.05, 3.63) is 29.8 Å². The average Bonchev–Trinajstić information content (AvgIpc) is 3.31. The molecule has 0 saturated carbocycles. The largest absolute Gasteiger partial charge is 0.490 e. The number of hydrogen-bond donors (Lipinski definition) is 1. The number of carbonyl (C=O) groups excluding carboxylic acids is 1. The Morgan fingerprint density at radius 1 is 1.26 bits per heavy atom. The number of nitriles is 1. The summed E-state index contributed by atoms with van der Waals surface area (Å²) in [4.78, 5) is 26.0. The second-order valence-electron chi connectivity index (χ2n) is 8.19. The van der Waals surface area contributed by atoms with Crippen LogP contribution in [0.3, 0.4) is 0 Å². The first-order chi connectivity index (χ1) is 14.6. The molecular weight excluding hydrogens is 415 g/mol. The van der Waals surface area contributed by atoms with E-state index >= 15 is 0 Å². The van der Waals surface area contributed by atoms with Gasteiger partial charge in [-0.25, -0.2) is 4.79 Å². The molecule has 7 nitrogen and oxygen atoms in total. The quantitative estimate of drug-likeness (QED) is 0.762. The van der Waals surface area contributed by atoms with Crippen LogP contribution in [0, 0.1) is 16.7 Å². The van der Waals surface area contributed by atoms with Gasteiger partial charge >= 0.3 is 12.1 Å². The molecule has 3 aliphatic heterocycles. The lowest BCUT2D eigenvalue weighted by Crippen LogP contribution is -2.40. The lowest BCUT2D eigenvalue weighted by Gasteiger charge is -2.32. The molecule has 10 heteroatoms. The van der Waals surface area contributed by atoms with Crippen molar-refractivity contribution in [1.82, 2.24) is 4.90 Å². The van der Waals surface area contributed by atoms with Gasteiger partial charge in [0.25, 0.3) is 0 Å². The van der Waals surface area contributed by atoms with E-state index in [4.69, 9.17) is 19.9 Å². The summed E-state index contributed by atoms with van der Waals surface area (Å²) < 4.78 is 37.2. The van der Waals surface area contributed by atoms with Crippen LogP contribution in [-0.4, -0.2) is 66.9 Å². The Morgan fingerprint density at radius 3 is 2.55 bits per heavy atom. The fourth-order valence-corrected chi connectivity index (χ4v) is 4.48. The van der Waals surface area contributed by atoms with Crippen molar-refractivity contribution < 1.29 is 32.6 Å². The standard InChI is InChI=1S/C19H23N3O2.C2HF3O2/c20-12-15-2-1-3-17(10-15)22-14-19(11-18(22)23)6-7-21(13-19)16-4-8-24-9-5-16;3-2(4,5)1(6)7/h1-3,10,16H,4-9,11,13-14H2;(H,6,7). The summed E-state index contributed by atoms with van der Waals surface area (Å²) in [5, 5.41) is 16.2. The number of amides is 1. The summed E-state index contributed by atoms with van der Waals surface area (Å²) >= 11 is 0. The van der Waals surface area contributed by atoms with Crippen molar-refractivity contribution in [2.75, 3.05) is 37.7 Å². The number of likely N-dealkylation sites (tertiary alicyclic amines) is 1. The Hall–Kier alpha value is -2.64. The molecule has 1 aromatic rings. The highest BCUT2D eigenvalue weighted by Crippen LogP contribution is 2.43. The highest BCUT2D eigenvalue weighted by atomic mass is 19.4. The van der Waals surface area contributed by atoms with E-state index in [1.165, 1.54) is 0 Å². The third kappa shape index (κ3) is 5.54. The number of halogens is 3. The topological polar surface area (TPSA) is 93.9 Å². The molecule has 1 unspecified atom stereocenters. The number of rotatable bonds is 2. The van der Waals surface area contributed by atoms with Gasteiger partial charge in [0.1, 0.15) is 0 Å². The van der Waals surface area contributed by atoms with Crippen molar-refractivity contribution >= 4 is 17.6 Å². The molecule has 0 radical (unpaired) electrons. The summed E-state index contributed by atoms with van der Waals surface area (Å²) in [5.41, 5.74) is 1.55. The third-order valence-electron chi connectivity index (χ3n) is 6.03. The molecule has 168 valence electrons. The molecule has 3 heterocycles. The van der Waals surface area contributed by atoms with Gasteiger partial charge in [-0.3, -0.25) is 9.69 Å². The van der Waals surface area contributed by atoms with Crippen LogP contribution in [0.25, 0.3) is 0 Å². The van der Waals surface area contributed by atoms with E-state index in [0.29, 0.717) is 18.0 Å². The van der Waals surface area contributed by atoms with Crippen LogP contribution in [0.4, 0.5) is 18.9 Å². The molecule has 1 amide bonds. The predicted octanol–water partition coefficient (Wildman–Crippen LogP) is 2.80. The summed E-state index contributed by atoms with van der Waals surface area (Å²) in [6, 6.07) is 10.2. The Morgan fingerprint density at radius 2 is 1.94 bits per heavy atom. The van der Waals surface area contributed by atoms with Crippen molar-refractivity contribution in [3.63, 3.8) is 0 Å². The molecule has 4 rings (SSSR count). The van der Waals surface area contributed by atoms with Crippen LogP contribution in [-0.2, 0) is 14.3 Å². The second-order valence-corrected chi connectivity index (χ2v) is 8.19. The zero-order valence-corrected chi connectivity index (χ0v) is 16.9. The Bertz CT molecular complexity index is 864. The van der Waals surface area contributed by atoms with Gasteiger partial charge < -0.3 is 14.7 Å². The number of carboxylic acids is 1. The molecule has 1 aromatic carbocycles. The minimum atomic E-state index is -5.08. The number of anilines is 1. The maximum Gasteiger partial charge on any atom is 0.490 e. The maximum absolute atomic E-state index is 12.6. The monoisotopic (exact) mass is 439 g/mol. The fourth-order valence-electron chi connectivity index (χ4n) is 4.48. The number of alkyl halides is 3. The van der Waals surface area contributed by atoms with Crippen molar-refractivity contribution in [2.45, 2.75) is 37.9 Å². The highest BCUT2D eigenvalue weighted by molar-refractivity contribution is 5.96. The molecule has 3 aliphatic rings. The zero-order chi connectivity index (χ0) is 22.6. The summed E-state index contributed by atoms with van der Waals surface area (Å²) in [6.45, 7) is 4.60. The van der Waals surface area contributed by atoms with E-state index in [9.17, 15) is 18.0 Å². The number of carboxylic acid groups (broad SMARTS) is 1. The molecule has 1 N–H and O–H groups in total. The van der Waals surface area contributed by atoms with E-state index in [-0.39, 0.29) is 11.3 Å². The molecule has 3 saturated heterocycles. The molecule has 0 aromatic heterocycles. The first-order valence-electron chi connectivity index (χ1n) is 10.1. The SMILES string of the molecule is N#Cc1cccc(N2CC3(CCN(C4CCOCC4)C3)CC2=O)c1.O=C(O)C(F)(F)F. The Labute approximate surface area is 178 Å². The molecule has 0 bridgehead atoms. The van der Waals surface area contributed by atoms with Crippen LogP contribution in [0.2, 0.25) is 0 Å². The van der Waals surface area contributed by atoms with E-state index in [0.717, 1.165) is 57.8 Å².